The highest BCUT2D eigenvalue weighted by Gasteiger charge is 2.46. The minimum Gasteiger partial charge on any atom is -0.310 e. The molecule has 0 aliphatic rings. The van der Waals surface area contributed by atoms with E-state index in [1.165, 1.54) is 5.56 Å². The van der Waals surface area contributed by atoms with Crippen LogP contribution in [0.2, 0.25) is 0 Å². The van der Waals surface area contributed by atoms with Crippen molar-refractivity contribution in [3.05, 3.63) is 180 Å². The number of hydrogen-bond donors (Lipinski definition) is 1. The van der Waals surface area contributed by atoms with Crippen LogP contribution in [-0.2, 0) is 12.1 Å². The van der Waals surface area contributed by atoms with Gasteiger partial charge in [-0.05, 0) is 22.8 Å². The van der Waals surface area contributed by atoms with E-state index in [2.05, 4.69) is 151 Å². The van der Waals surface area contributed by atoms with Crippen molar-refractivity contribution in [2.45, 2.75) is 12.1 Å². The molecule has 3 heterocycles. The molecular formula is C37H29N8+. The highest BCUT2D eigenvalue weighted by Crippen LogP contribution is 2.38. The number of hydrogen-bond acceptors (Lipinski definition) is 4. The minimum atomic E-state index is -0.774. The van der Waals surface area contributed by atoms with Crippen LogP contribution in [0, 0.1) is 0 Å². The molecule has 45 heavy (non-hydrogen) atoms. The molecule has 0 spiro atoms. The van der Waals surface area contributed by atoms with Gasteiger partial charge in [0, 0.05) is 22.8 Å². The zero-order valence-corrected chi connectivity index (χ0v) is 24.3. The number of aromatic nitrogens is 8. The Labute approximate surface area is 259 Å². The molecule has 0 fully saturated rings. The third-order valence-electron chi connectivity index (χ3n) is 8.40. The molecule has 0 aliphatic carbocycles. The van der Waals surface area contributed by atoms with Crippen molar-refractivity contribution in [3.63, 3.8) is 0 Å². The summed E-state index contributed by atoms with van der Waals surface area (Å²) in [5, 5.41) is 21.0. The van der Waals surface area contributed by atoms with E-state index in [4.69, 9.17) is 5.10 Å². The van der Waals surface area contributed by atoms with Crippen LogP contribution < -0.4 is 4.68 Å². The molecule has 216 valence electrons. The van der Waals surface area contributed by atoms with Gasteiger partial charge in [0.25, 0.3) is 0 Å². The van der Waals surface area contributed by atoms with Crippen LogP contribution in [0.15, 0.2) is 158 Å². The molecule has 0 saturated carbocycles. The highest BCUT2D eigenvalue weighted by atomic mass is 15.6. The topological polar surface area (TPSA) is 80.6 Å². The van der Waals surface area contributed by atoms with Crippen molar-refractivity contribution in [2.24, 2.45) is 0 Å². The summed E-state index contributed by atoms with van der Waals surface area (Å²) in [7, 11) is 0. The molecule has 0 unspecified atom stereocenters. The van der Waals surface area contributed by atoms with Gasteiger partial charge in [-0.2, -0.15) is 5.10 Å². The van der Waals surface area contributed by atoms with Gasteiger partial charge >= 0.3 is 5.82 Å². The maximum atomic E-state index is 4.75. The zero-order chi connectivity index (χ0) is 30.1. The second-order valence-corrected chi connectivity index (χ2v) is 10.9. The van der Waals surface area contributed by atoms with E-state index >= 15 is 0 Å². The fourth-order valence-corrected chi connectivity index (χ4v) is 6.34. The SMILES string of the molecule is c1ccc(C(c2ccccc2)(c2ccccc2)[n+]2[nH]nnc2-c2ccccc2-c2ccc(Cn3cnn4nccc34)cc2)cc1. The first-order chi connectivity index (χ1) is 22.3. The fourth-order valence-electron chi connectivity index (χ4n) is 6.34. The second-order valence-electron chi connectivity index (χ2n) is 10.9. The van der Waals surface area contributed by atoms with E-state index in [0.29, 0.717) is 6.54 Å². The maximum Gasteiger partial charge on any atom is 0.334 e. The van der Waals surface area contributed by atoms with Gasteiger partial charge in [0.05, 0.1) is 18.3 Å². The monoisotopic (exact) mass is 585 g/mol. The van der Waals surface area contributed by atoms with E-state index in [0.717, 1.165) is 44.9 Å². The molecule has 8 heteroatoms. The number of tetrazole rings is 1. The Balaban J connectivity index is 1.27. The van der Waals surface area contributed by atoms with Crippen molar-refractivity contribution >= 4 is 5.65 Å². The lowest BCUT2D eigenvalue weighted by Crippen LogP contribution is -2.61. The summed E-state index contributed by atoms with van der Waals surface area (Å²) >= 11 is 0. The van der Waals surface area contributed by atoms with Crippen LogP contribution >= 0.6 is 0 Å². The smallest absolute Gasteiger partial charge is 0.310 e. The average molecular weight is 586 g/mol. The molecule has 0 saturated heterocycles. The molecule has 5 aromatic carbocycles. The predicted octanol–water partition coefficient (Wildman–Crippen LogP) is 6.16. The molecule has 8 aromatic rings. The summed E-state index contributed by atoms with van der Waals surface area (Å²) in [6.45, 7) is 0.703. The Morgan fingerprint density at radius 2 is 1.18 bits per heavy atom. The normalized spacial score (nSPS) is 11.6. The number of H-pyrrole nitrogens is 1. The van der Waals surface area contributed by atoms with Crippen molar-refractivity contribution in [1.82, 2.24) is 34.9 Å². The van der Waals surface area contributed by atoms with E-state index in [9.17, 15) is 0 Å². The van der Waals surface area contributed by atoms with Gasteiger partial charge in [-0.15, -0.1) is 14.4 Å². The van der Waals surface area contributed by atoms with E-state index in [1.54, 1.807) is 10.8 Å². The van der Waals surface area contributed by atoms with Gasteiger partial charge in [-0.25, -0.2) is 0 Å². The van der Waals surface area contributed by atoms with Gasteiger partial charge in [0.2, 0.25) is 0 Å². The van der Waals surface area contributed by atoms with Gasteiger partial charge in [0.1, 0.15) is 11.4 Å². The first-order valence-corrected chi connectivity index (χ1v) is 14.9. The molecule has 3 aromatic heterocycles. The van der Waals surface area contributed by atoms with Crippen LogP contribution in [0.4, 0.5) is 0 Å². The van der Waals surface area contributed by atoms with Crippen LogP contribution in [0.25, 0.3) is 28.2 Å². The fraction of sp³-hybridized carbons (Fsp3) is 0.0541. The molecule has 0 amide bonds. The first-order valence-electron chi connectivity index (χ1n) is 14.9. The van der Waals surface area contributed by atoms with E-state index < -0.39 is 5.54 Å². The molecular weight excluding hydrogens is 556 g/mol. The van der Waals surface area contributed by atoms with Gasteiger partial charge < -0.3 is 4.57 Å². The van der Waals surface area contributed by atoms with Crippen molar-refractivity contribution in [1.29, 1.82) is 0 Å². The van der Waals surface area contributed by atoms with Crippen molar-refractivity contribution in [2.75, 3.05) is 0 Å². The maximum absolute atomic E-state index is 4.75. The predicted molar refractivity (Wildman–Crippen MR) is 172 cm³/mol. The number of rotatable bonds is 8. The Bertz CT molecular complexity index is 2080. The molecule has 0 radical (unpaired) electrons. The minimum absolute atomic E-state index is 0.703. The molecule has 1 N–H and O–H groups in total. The number of aromatic amines is 1. The quantitative estimate of drug-likeness (QED) is 0.171. The van der Waals surface area contributed by atoms with Crippen LogP contribution in [-0.4, -0.2) is 34.9 Å². The highest BCUT2D eigenvalue weighted by molar-refractivity contribution is 5.79. The Hall–Kier alpha value is -6.15. The molecule has 0 bridgehead atoms. The Morgan fingerprint density at radius 3 is 1.80 bits per heavy atom. The molecule has 8 nitrogen and oxygen atoms in total. The van der Waals surface area contributed by atoms with Crippen LogP contribution in [0.1, 0.15) is 22.3 Å². The second kappa shape index (κ2) is 11.2. The Kier molecular flexibility index (Phi) is 6.57. The number of fused-ring (bicyclic) bond motifs is 1. The lowest BCUT2D eigenvalue weighted by atomic mass is 9.77. The summed E-state index contributed by atoms with van der Waals surface area (Å²) in [6.07, 6.45) is 3.57. The van der Waals surface area contributed by atoms with Gasteiger partial charge in [0.15, 0.2) is 16.4 Å². The summed E-state index contributed by atoms with van der Waals surface area (Å²) < 4.78 is 5.83. The van der Waals surface area contributed by atoms with Gasteiger partial charge in [-0.3, -0.25) is 0 Å². The zero-order valence-electron chi connectivity index (χ0n) is 24.3. The van der Waals surface area contributed by atoms with Crippen molar-refractivity contribution < 1.29 is 4.68 Å². The molecule has 8 rings (SSSR count). The van der Waals surface area contributed by atoms with Gasteiger partial charge in [-0.1, -0.05) is 139 Å². The third kappa shape index (κ3) is 4.51. The Morgan fingerprint density at radius 1 is 0.600 bits per heavy atom. The van der Waals surface area contributed by atoms with Crippen LogP contribution in [0.3, 0.4) is 0 Å². The van der Waals surface area contributed by atoms with E-state index in [1.807, 2.05) is 30.6 Å². The number of nitrogens with zero attached hydrogens (tertiary/aromatic N) is 7. The largest absolute Gasteiger partial charge is 0.334 e. The lowest BCUT2D eigenvalue weighted by molar-refractivity contribution is -0.779. The average Bonchev–Trinajstić information content (AvgIpc) is 3.87. The summed E-state index contributed by atoms with van der Waals surface area (Å²) in [5.41, 5.74) is 7.76. The van der Waals surface area contributed by atoms with Crippen molar-refractivity contribution in [3.8, 4) is 22.5 Å². The van der Waals surface area contributed by atoms with Crippen LogP contribution in [0.5, 0.6) is 0 Å². The number of benzene rings is 5. The van der Waals surface area contributed by atoms with E-state index in [-0.39, 0.29) is 0 Å². The molecule has 0 atom stereocenters. The number of nitrogens with one attached hydrogen (secondary N) is 1. The summed E-state index contributed by atoms with van der Waals surface area (Å²) in [6, 6.07) is 50.6. The first kappa shape index (κ1) is 26.5. The standard InChI is InChI=1S/C37H28N8/c1-4-12-30(13-5-1)37(31-14-6-2-7-15-31,32-16-8-3-9-17-32)44-36(40-41-42-44)34-19-11-10-18-33(34)29-22-20-28(21-23-29)26-43-27-39-45-35(43)24-25-38-45/h1-25,27H,26H2/p+1. The lowest BCUT2D eigenvalue weighted by Gasteiger charge is -2.33. The molecule has 0 aliphatic heterocycles. The summed E-state index contributed by atoms with van der Waals surface area (Å²) in [5.74, 6) is 0.729. The summed E-state index contributed by atoms with van der Waals surface area (Å²) in [4.78, 5) is 0. The third-order valence-corrected chi connectivity index (χ3v) is 8.40.